The number of aryl methyl sites for hydroxylation is 1. The number of nitrogens with one attached hydrogen (secondary N) is 2. The molecule has 0 bridgehead atoms. The van der Waals surface area contributed by atoms with Gasteiger partial charge < -0.3 is 10.1 Å². The molecule has 0 radical (unpaired) electrons. The molecule has 6 nitrogen and oxygen atoms in total. The fraction of sp³-hybridized carbons (Fsp3) is 0.714. The SMILES string of the molecule is CCCn1nccc1NC(=O)N[C@@H](C)C1CCOCC1. The Bertz CT molecular complexity index is 427. The fourth-order valence-corrected chi connectivity index (χ4v) is 2.52. The lowest BCUT2D eigenvalue weighted by Crippen LogP contribution is -2.42. The van der Waals surface area contributed by atoms with Crippen LogP contribution in [0.15, 0.2) is 12.3 Å². The van der Waals surface area contributed by atoms with E-state index in [1.54, 1.807) is 10.9 Å². The lowest BCUT2D eigenvalue weighted by atomic mass is 9.93. The van der Waals surface area contributed by atoms with Crippen molar-refractivity contribution in [2.24, 2.45) is 5.92 Å². The van der Waals surface area contributed by atoms with Crippen LogP contribution in [0.4, 0.5) is 10.6 Å². The number of anilines is 1. The van der Waals surface area contributed by atoms with E-state index in [0.717, 1.165) is 44.8 Å². The molecule has 0 aromatic carbocycles. The van der Waals surface area contributed by atoms with Gasteiger partial charge in [0.05, 0.1) is 6.20 Å². The normalized spacial score (nSPS) is 17.7. The van der Waals surface area contributed by atoms with E-state index in [4.69, 9.17) is 4.74 Å². The predicted molar refractivity (Wildman–Crippen MR) is 77.7 cm³/mol. The Labute approximate surface area is 119 Å². The van der Waals surface area contributed by atoms with E-state index in [1.165, 1.54) is 0 Å². The summed E-state index contributed by atoms with van der Waals surface area (Å²) < 4.78 is 7.15. The Balaban J connectivity index is 1.83. The third kappa shape index (κ3) is 3.96. The van der Waals surface area contributed by atoms with Crippen molar-refractivity contribution in [2.75, 3.05) is 18.5 Å². The van der Waals surface area contributed by atoms with Gasteiger partial charge in [-0.1, -0.05) is 6.92 Å². The van der Waals surface area contributed by atoms with E-state index in [0.29, 0.717) is 5.92 Å². The van der Waals surface area contributed by atoms with Crippen LogP contribution in [0.25, 0.3) is 0 Å². The van der Waals surface area contributed by atoms with Crippen LogP contribution in [0.2, 0.25) is 0 Å². The average Bonchev–Trinajstić information content (AvgIpc) is 2.87. The number of carbonyl (C=O) groups is 1. The molecule has 20 heavy (non-hydrogen) atoms. The monoisotopic (exact) mass is 280 g/mol. The van der Waals surface area contributed by atoms with Crippen LogP contribution in [-0.2, 0) is 11.3 Å². The molecule has 1 atom stereocenters. The molecule has 2 heterocycles. The van der Waals surface area contributed by atoms with Gasteiger partial charge in [-0.3, -0.25) is 5.32 Å². The summed E-state index contributed by atoms with van der Waals surface area (Å²) >= 11 is 0. The van der Waals surface area contributed by atoms with Crippen LogP contribution >= 0.6 is 0 Å². The summed E-state index contributed by atoms with van der Waals surface area (Å²) in [6, 6.07) is 1.80. The van der Waals surface area contributed by atoms with Crippen LogP contribution in [-0.4, -0.2) is 35.1 Å². The third-order valence-corrected chi connectivity index (χ3v) is 3.73. The quantitative estimate of drug-likeness (QED) is 0.869. The van der Waals surface area contributed by atoms with Gasteiger partial charge in [-0.25, -0.2) is 9.48 Å². The molecule has 1 aromatic rings. The van der Waals surface area contributed by atoms with Gasteiger partial charge in [0.2, 0.25) is 0 Å². The molecule has 2 N–H and O–H groups in total. The number of nitrogens with zero attached hydrogens (tertiary/aromatic N) is 2. The van der Waals surface area contributed by atoms with Crippen LogP contribution in [0, 0.1) is 5.92 Å². The minimum absolute atomic E-state index is 0.154. The molecule has 2 rings (SSSR count). The molecule has 0 saturated carbocycles. The van der Waals surface area contributed by atoms with Gasteiger partial charge >= 0.3 is 6.03 Å². The zero-order valence-electron chi connectivity index (χ0n) is 12.3. The number of aromatic nitrogens is 2. The number of rotatable bonds is 5. The summed E-state index contributed by atoms with van der Waals surface area (Å²) in [6.07, 6.45) is 4.70. The standard InChI is InChI=1S/C14H24N4O2/c1-3-8-18-13(4-7-15-18)17-14(19)16-11(2)12-5-9-20-10-6-12/h4,7,11-12H,3,5-6,8-10H2,1-2H3,(H2,16,17,19)/t11-/m0/s1. The average molecular weight is 280 g/mol. The molecule has 0 aliphatic carbocycles. The Kier molecular flexibility index (Phi) is 5.40. The van der Waals surface area contributed by atoms with Gasteiger partial charge in [0.25, 0.3) is 0 Å². The van der Waals surface area contributed by atoms with Crippen molar-refractivity contribution in [2.45, 2.75) is 45.7 Å². The van der Waals surface area contributed by atoms with Crippen molar-refractivity contribution >= 4 is 11.8 Å². The molecule has 0 spiro atoms. The Hall–Kier alpha value is -1.56. The second-order valence-electron chi connectivity index (χ2n) is 5.28. The summed E-state index contributed by atoms with van der Waals surface area (Å²) in [5, 5.41) is 10.1. The molecule has 1 aliphatic heterocycles. The molecule has 1 aromatic heterocycles. The number of hydrogen-bond acceptors (Lipinski definition) is 3. The molecule has 1 fully saturated rings. The first kappa shape index (κ1) is 14.8. The van der Waals surface area contributed by atoms with E-state index in [2.05, 4.69) is 29.6 Å². The number of amides is 2. The maximum atomic E-state index is 12.0. The lowest BCUT2D eigenvalue weighted by Gasteiger charge is -2.28. The second-order valence-corrected chi connectivity index (χ2v) is 5.28. The van der Waals surface area contributed by atoms with Crippen LogP contribution in [0.1, 0.15) is 33.1 Å². The van der Waals surface area contributed by atoms with Gasteiger partial charge in [-0.05, 0) is 32.1 Å². The van der Waals surface area contributed by atoms with Crippen molar-refractivity contribution in [3.63, 3.8) is 0 Å². The predicted octanol–water partition coefficient (Wildman–Crippen LogP) is 2.23. The summed E-state index contributed by atoms with van der Waals surface area (Å²) in [4.78, 5) is 12.0. The van der Waals surface area contributed by atoms with E-state index < -0.39 is 0 Å². The van der Waals surface area contributed by atoms with Crippen molar-refractivity contribution in [3.8, 4) is 0 Å². The third-order valence-electron chi connectivity index (χ3n) is 3.73. The largest absolute Gasteiger partial charge is 0.381 e. The highest BCUT2D eigenvalue weighted by Gasteiger charge is 2.22. The van der Waals surface area contributed by atoms with Crippen molar-refractivity contribution < 1.29 is 9.53 Å². The number of hydrogen-bond donors (Lipinski definition) is 2. The highest BCUT2D eigenvalue weighted by molar-refractivity contribution is 5.88. The Morgan fingerprint density at radius 1 is 1.55 bits per heavy atom. The molecule has 2 amide bonds. The van der Waals surface area contributed by atoms with E-state index in [9.17, 15) is 4.79 Å². The number of carbonyl (C=O) groups excluding carboxylic acids is 1. The highest BCUT2D eigenvalue weighted by atomic mass is 16.5. The highest BCUT2D eigenvalue weighted by Crippen LogP contribution is 2.18. The van der Waals surface area contributed by atoms with Crippen LogP contribution in [0.3, 0.4) is 0 Å². The fourth-order valence-electron chi connectivity index (χ4n) is 2.52. The second kappa shape index (κ2) is 7.28. The summed E-state index contributed by atoms with van der Waals surface area (Å²) in [5.41, 5.74) is 0. The molecule has 0 unspecified atom stereocenters. The minimum Gasteiger partial charge on any atom is -0.381 e. The number of ether oxygens (including phenoxy) is 1. The molecule has 112 valence electrons. The zero-order valence-corrected chi connectivity index (χ0v) is 12.3. The summed E-state index contributed by atoms with van der Waals surface area (Å²) in [7, 11) is 0. The maximum absolute atomic E-state index is 12.0. The van der Waals surface area contributed by atoms with E-state index >= 15 is 0 Å². The zero-order chi connectivity index (χ0) is 14.4. The van der Waals surface area contributed by atoms with Gasteiger partial charge in [-0.15, -0.1) is 0 Å². The van der Waals surface area contributed by atoms with E-state index in [1.807, 2.05) is 6.07 Å². The van der Waals surface area contributed by atoms with E-state index in [-0.39, 0.29) is 12.1 Å². The van der Waals surface area contributed by atoms with Crippen molar-refractivity contribution in [1.82, 2.24) is 15.1 Å². The topological polar surface area (TPSA) is 68.2 Å². The molecule has 1 saturated heterocycles. The first-order chi connectivity index (χ1) is 9.70. The van der Waals surface area contributed by atoms with Crippen LogP contribution < -0.4 is 10.6 Å². The lowest BCUT2D eigenvalue weighted by molar-refractivity contribution is 0.0573. The van der Waals surface area contributed by atoms with Crippen LogP contribution in [0.5, 0.6) is 0 Å². The molecule has 6 heteroatoms. The minimum atomic E-state index is -0.165. The summed E-state index contributed by atoms with van der Waals surface area (Å²) in [6.45, 7) is 6.53. The maximum Gasteiger partial charge on any atom is 0.320 e. The number of urea groups is 1. The molecular weight excluding hydrogens is 256 g/mol. The molecular formula is C14H24N4O2. The first-order valence-electron chi connectivity index (χ1n) is 7.37. The Morgan fingerprint density at radius 2 is 2.30 bits per heavy atom. The van der Waals surface area contributed by atoms with Gasteiger partial charge in [0.1, 0.15) is 5.82 Å². The molecule has 1 aliphatic rings. The van der Waals surface area contributed by atoms with Gasteiger partial charge in [-0.2, -0.15) is 5.10 Å². The first-order valence-corrected chi connectivity index (χ1v) is 7.37. The van der Waals surface area contributed by atoms with Gasteiger partial charge in [0.15, 0.2) is 0 Å². The Morgan fingerprint density at radius 3 is 3.00 bits per heavy atom. The smallest absolute Gasteiger partial charge is 0.320 e. The van der Waals surface area contributed by atoms with Crippen molar-refractivity contribution in [1.29, 1.82) is 0 Å². The summed E-state index contributed by atoms with van der Waals surface area (Å²) in [5.74, 6) is 1.23. The van der Waals surface area contributed by atoms with Crippen molar-refractivity contribution in [3.05, 3.63) is 12.3 Å². The van der Waals surface area contributed by atoms with Gasteiger partial charge in [0, 0.05) is 31.9 Å².